The van der Waals surface area contributed by atoms with Gasteiger partial charge in [-0.15, -0.1) is 0 Å². The lowest BCUT2D eigenvalue weighted by Crippen LogP contribution is -2.52. The second-order valence-corrected chi connectivity index (χ2v) is 12.0. The van der Waals surface area contributed by atoms with Gasteiger partial charge in [-0.3, -0.25) is 13.9 Å². The molecule has 3 rings (SSSR count). The van der Waals surface area contributed by atoms with Crippen LogP contribution in [-0.2, 0) is 26.2 Å². The monoisotopic (exact) mass is 583 g/mol. The maximum atomic E-state index is 14.0. The van der Waals surface area contributed by atoms with Gasteiger partial charge in [0.25, 0.3) is 10.0 Å². The van der Waals surface area contributed by atoms with Gasteiger partial charge in [0, 0.05) is 12.6 Å². The molecule has 2 amide bonds. The number of nitrogens with one attached hydrogen (secondary N) is 1. The van der Waals surface area contributed by atoms with E-state index >= 15 is 0 Å². The minimum absolute atomic E-state index is 0.00658. The van der Waals surface area contributed by atoms with Gasteiger partial charge in [0.2, 0.25) is 11.8 Å². The number of anilines is 1. The molecule has 0 saturated heterocycles. The highest BCUT2D eigenvalue weighted by Gasteiger charge is 2.34. The summed E-state index contributed by atoms with van der Waals surface area (Å²) in [5.74, 6) is -1.15. The smallest absolute Gasteiger partial charge is 0.264 e. The maximum absolute atomic E-state index is 14.0. The van der Waals surface area contributed by atoms with Crippen LogP contribution in [0.2, 0.25) is 0 Å². The molecule has 1 N–H and O–H groups in total. The number of benzene rings is 3. The third-order valence-corrected chi connectivity index (χ3v) is 8.70. The van der Waals surface area contributed by atoms with Crippen LogP contribution < -0.4 is 14.4 Å². The van der Waals surface area contributed by atoms with Crippen molar-refractivity contribution in [2.75, 3.05) is 18.0 Å². The normalized spacial score (nSPS) is 12.8. The first-order valence-corrected chi connectivity index (χ1v) is 14.9. The molecule has 0 aliphatic rings. The van der Waals surface area contributed by atoms with Gasteiger partial charge in [-0.2, -0.15) is 0 Å². The Kier molecular flexibility index (Phi) is 10.5. The summed E-state index contributed by atoms with van der Waals surface area (Å²) in [5, 5.41) is 2.89. The second kappa shape index (κ2) is 13.6. The minimum atomic E-state index is -4.24. The van der Waals surface area contributed by atoms with Gasteiger partial charge < -0.3 is 15.0 Å². The molecule has 41 heavy (non-hydrogen) atoms. The summed E-state index contributed by atoms with van der Waals surface area (Å²) in [6.45, 7) is 8.40. The topological polar surface area (TPSA) is 96.0 Å². The van der Waals surface area contributed by atoms with Crippen molar-refractivity contribution < 1.29 is 27.1 Å². The molecule has 0 aromatic heterocycles. The van der Waals surface area contributed by atoms with Gasteiger partial charge >= 0.3 is 0 Å². The first kappa shape index (κ1) is 31.6. The minimum Gasteiger partial charge on any atom is -0.495 e. The molecule has 0 aliphatic heterocycles. The van der Waals surface area contributed by atoms with E-state index in [9.17, 15) is 22.4 Å². The van der Waals surface area contributed by atoms with Gasteiger partial charge in [-0.25, -0.2) is 12.8 Å². The van der Waals surface area contributed by atoms with Crippen molar-refractivity contribution in [1.29, 1.82) is 0 Å². The van der Waals surface area contributed by atoms with Crippen molar-refractivity contribution in [3.05, 3.63) is 89.2 Å². The molecule has 0 unspecified atom stereocenters. The quantitative estimate of drug-likeness (QED) is 0.325. The summed E-state index contributed by atoms with van der Waals surface area (Å²) in [6.07, 6.45) is 0.695. The van der Waals surface area contributed by atoms with Crippen molar-refractivity contribution in [3.63, 3.8) is 0 Å². The van der Waals surface area contributed by atoms with Crippen LogP contribution >= 0.6 is 0 Å². The highest BCUT2D eigenvalue weighted by atomic mass is 32.2. The number of hydrogen-bond acceptors (Lipinski definition) is 5. The molecule has 0 saturated carbocycles. The molecule has 0 radical (unpaired) electrons. The van der Waals surface area contributed by atoms with Crippen LogP contribution in [0.5, 0.6) is 5.75 Å². The molecule has 0 fully saturated rings. The number of hydrogen-bond donors (Lipinski definition) is 1. The van der Waals surface area contributed by atoms with Crippen LogP contribution in [-0.4, -0.2) is 50.9 Å². The number of rotatable bonds is 12. The van der Waals surface area contributed by atoms with Crippen molar-refractivity contribution in [3.8, 4) is 5.75 Å². The molecule has 3 aromatic rings. The summed E-state index contributed by atoms with van der Waals surface area (Å²) in [6, 6.07) is 15.9. The number of methoxy groups -OCH3 is 1. The molecule has 8 nitrogen and oxygen atoms in total. The van der Waals surface area contributed by atoms with E-state index in [1.807, 2.05) is 27.7 Å². The van der Waals surface area contributed by atoms with E-state index in [0.717, 1.165) is 15.4 Å². The first-order chi connectivity index (χ1) is 19.4. The molecule has 3 aromatic carbocycles. The highest BCUT2D eigenvalue weighted by Crippen LogP contribution is 2.34. The number of carbonyl (C=O) groups is 2. The van der Waals surface area contributed by atoms with E-state index in [0.29, 0.717) is 12.0 Å². The SMILES string of the molecule is CC[C@H](C)NC(=O)[C@@H](C)N(Cc1ccc(F)cc1)C(=O)CN(c1cc(C)ccc1OC)S(=O)(=O)c1ccc(C)cc1. The van der Waals surface area contributed by atoms with Gasteiger partial charge in [-0.05, 0) is 81.6 Å². The van der Waals surface area contributed by atoms with Crippen LogP contribution in [0.15, 0.2) is 71.6 Å². The molecule has 220 valence electrons. The van der Waals surface area contributed by atoms with E-state index in [1.54, 1.807) is 37.3 Å². The first-order valence-electron chi connectivity index (χ1n) is 13.5. The third-order valence-electron chi connectivity index (χ3n) is 6.93. The average Bonchev–Trinajstić information content (AvgIpc) is 2.95. The molecule has 2 atom stereocenters. The Morgan fingerprint density at radius 3 is 2.15 bits per heavy atom. The van der Waals surface area contributed by atoms with Crippen LogP contribution in [0.25, 0.3) is 0 Å². The second-order valence-electron chi connectivity index (χ2n) is 10.1. The molecule has 0 spiro atoms. The zero-order valence-electron chi connectivity index (χ0n) is 24.3. The molecule has 10 heteroatoms. The summed E-state index contributed by atoms with van der Waals surface area (Å²) >= 11 is 0. The Morgan fingerprint density at radius 1 is 0.951 bits per heavy atom. The van der Waals surface area contributed by atoms with E-state index in [4.69, 9.17) is 4.74 Å². The largest absolute Gasteiger partial charge is 0.495 e. The van der Waals surface area contributed by atoms with E-state index in [1.165, 1.54) is 48.4 Å². The van der Waals surface area contributed by atoms with Crippen LogP contribution in [0.3, 0.4) is 0 Å². The summed E-state index contributed by atoms with van der Waals surface area (Å²) in [4.78, 5) is 28.5. The van der Waals surface area contributed by atoms with E-state index in [2.05, 4.69) is 5.32 Å². The molecular formula is C31H38FN3O5S. The number of halogens is 1. The highest BCUT2D eigenvalue weighted by molar-refractivity contribution is 7.92. The fourth-order valence-electron chi connectivity index (χ4n) is 4.18. The Bertz CT molecular complexity index is 1460. The average molecular weight is 584 g/mol. The Hall–Kier alpha value is -3.92. The van der Waals surface area contributed by atoms with Gasteiger partial charge in [-0.1, -0.05) is 42.8 Å². The van der Waals surface area contributed by atoms with Crippen LogP contribution in [0, 0.1) is 19.7 Å². The summed E-state index contributed by atoms with van der Waals surface area (Å²) in [5.41, 5.74) is 2.43. The predicted molar refractivity (Wildman–Crippen MR) is 158 cm³/mol. The van der Waals surface area contributed by atoms with Crippen molar-refractivity contribution in [1.82, 2.24) is 10.2 Å². The number of nitrogens with zero attached hydrogens (tertiary/aromatic N) is 2. The van der Waals surface area contributed by atoms with Gasteiger partial charge in [0.05, 0.1) is 17.7 Å². The number of amides is 2. The lowest BCUT2D eigenvalue weighted by molar-refractivity contribution is -0.139. The third kappa shape index (κ3) is 7.85. The van der Waals surface area contributed by atoms with Crippen molar-refractivity contribution >= 4 is 27.5 Å². The molecule has 0 bridgehead atoms. The molecule has 0 aliphatic carbocycles. The number of sulfonamides is 1. The standard InChI is InChI=1S/C31H38FN3O5S/c1-7-23(4)33-31(37)24(5)34(19-25-11-13-26(32)14-12-25)30(36)20-35(28-18-22(3)10-17-29(28)40-6)41(38,39)27-15-8-21(2)9-16-27/h8-18,23-24H,7,19-20H2,1-6H3,(H,33,37)/t23-,24+/m0/s1. The van der Waals surface area contributed by atoms with Gasteiger partial charge in [0.15, 0.2) is 0 Å². The number of aryl methyl sites for hydroxylation is 2. The zero-order valence-corrected chi connectivity index (χ0v) is 25.2. The molecule has 0 heterocycles. The maximum Gasteiger partial charge on any atom is 0.264 e. The fourth-order valence-corrected chi connectivity index (χ4v) is 5.60. The van der Waals surface area contributed by atoms with Crippen LogP contribution in [0.1, 0.15) is 43.9 Å². The zero-order chi connectivity index (χ0) is 30.3. The number of ether oxygens (including phenoxy) is 1. The summed E-state index contributed by atoms with van der Waals surface area (Å²) < 4.78 is 48.2. The number of carbonyl (C=O) groups excluding carboxylic acids is 2. The van der Waals surface area contributed by atoms with Gasteiger partial charge in [0.1, 0.15) is 24.2 Å². The van der Waals surface area contributed by atoms with E-state index < -0.39 is 34.3 Å². The predicted octanol–water partition coefficient (Wildman–Crippen LogP) is 4.98. The van der Waals surface area contributed by atoms with E-state index in [-0.39, 0.29) is 34.8 Å². The van der Waals surface area contributed by atoms with Crippen molar-refractivity contribution in [2.24, 2.45) is 0 Å². The Labute approximate surface area is 242 Å². The van der Waals surface area contributed by atoms with Crippen LogP contribution in [0.4, 0.5) is 10.1 Å². The fraction of sp³-hybridized carbons (Fsp3) is 0.355. The lowest BCUT2D eigenvalue weighted by Gasteiger charge is -2.33. The Morgan fingerprint density at radius 2 is 1.56 bits per heavy atom. The summed E-state index contributed by atoms with van der Waals surface area (Å²) in [7, 11) is -2.82. The van der Waals surface area contributed by atoms with Crippen molar-refractivity contribution in [2.45, 2.75) is 64.6 Å². The molecular weight excluding hydrogens is 545 g/mol. The lowest BCUT2D eigenvalue weighted by atomic mass is 10.1. The Balaban J connectivity index is 2.09.